The largest absolute Gasteiger partial charge is 0.481 e. The predicted octanol–water partition coefficient (Wildman–Crippen LogP) is 3.01. The van der Waals surface area contributed by atoms with Crippen LogP contribution in [0.15, 0.2) is 48.5 Å². The summed E-state index contributed by atoms with van der Waals surface area (Å²) in [4.78, 5) is 37.0. The zero-order valence-electron chi connectivity index (χ0n) is 14.6. The molecule has 8 heteroatoms. The Labute approximate surface area is 161 Å². The maximum absolute atomic E-state index is 12.7. The average Bonchev–Trinajstić information content (AvgIpc) is 2.65. The van der Waals surface area contributed by atoms with E-state index >= 15 is 0 Å². The SMILES string of the molecule is CCOC(=O)CN(C(=O)COc1c(Cl)cccc1C(=O)O)c1ccccc1. The minimum atomic E-state index is -1.23. The molecule has 7 nitrogen and oxygen atoms in total. The second-order valence-electron chi connectivity index (χ2n) is 5.33. The molecule has 0 saturated heterocycles. The molecule has 2 rings (SSSR count). The van der Waals surface area contributed by atoms with Crippen molar-refractivity contribution < 1.29 is 29.0 Å². The lowest BCUT2D eigenvalue weighted by Gasteiger charge is -2.22. The van der Waals surface area contributed by atoms with Gasteiger partial charge in [0.15, 0.2) is 12.4 Å². The maximum Gasteiger partial charge on any atom is 0.339 e. The Hall–Kier alpha value is -3.06. The van der Waals surface area contributed by atoms with E-state index in [1.165, 1.54) is 23.1 Å². The molecule has 27 heavy (non-hydrogen) atoms. The molecule has 0 heterocycles. The van der Waals surface area contributed by atoms with Crippen LogP contribution in [0, 0.1) is 0 Å². The number of para-hydroxylation sites is 2. The number of carboxylic acid groups (broad SMARTS) is 1. The zero-order valence-corrected chi connectivity index (χ0v) is 15.3. The van der Waals surface area contributed by atoms with Crippen LogP contribution in [-0.2, 0) is 14.3 Å². The first-order valence-electron chi connectivity index (χ1n) is 8.09. The monoisotopic (exact) mass is 391 g/mol. The number of hydrogen-bond acceptors (Lipinski definition) is 5. The van der Waals surface area contributed by atoms with Crippen LogP contribution in [0.1, 0.15) is 17.3 Å². The van der Waals surface area contributed by atoms with Crippen LogP contribution < -0.4 is 9.64 Å². The number of carboxylic acids is 1. The summed E-state index contributed by atoms with van der Waals surface area (Å²) in [5.74, 6) is -2.46. The van der Waals surface area contributed by atoms with Crippen LogP contribution >= 0.6 is 11.6 Å². The molecule has 2 aromatic carbocycles. The normalized spacial score (nSPS) is 10.1. The minimum absolute atomic E-state index is 0.0688. The highest BCUT2D eigenvalue weighted by molar-refractivity contribution is 6.32. The summed E-state index contributed by atoms with van der Waals surface area (Å²) in [6.07, 6.45) is 0. The standard InChI is InChI=1S/C19H18ClNO6/c1-2-26-17(23)11-21(13-7-4-3-5-8-13)16(22)12-27-18-14(19(24)25)9-6-10-15(18)20/h3-10H,2,11-12H2,1H3,(H,24,25). The van der Waals surface area contributed by atoms with E-state index in [1.54, 1.807) is 37.3 Å². The highest BCUT2D eigenvalue weighted by atomic mass is 35.5. The van der Waals surface area contributed by atoms with Crippen LogP contribution in [0.2, 0.25) is 5.02 Å². The van der Waals surface area contributed by atoms with E-state index in [0.29, 0.717) is 5.69 Å². The van der Waals surface area contributed by atoms with Gasteiger partial charge < -0.3 is 14.6 Å². The van der Waals surface area contributed by atoms with Crippen LogP contribution in [-0.4, -0.2) is 42.7 Å². The lowest BCUT2D eigenvalue weighted by Crippen LogP contribution is -2.39. The number of carbonyl (C=O) groups is 3. The first kappa shape index (κ1) is 20.3. The molecule has 142 valence electrons. The predicted molar refractivity (Wildman–Crippen MR) is 99.3 cm³/mol. The number of rotatable bonds is 8. The van der Waals surface area contributed by atoms with Crippen molar-refractivity contribution in [1.29, 1.82) is 0 Å². The molecule has 1 amide bonds. The number of anilines is 1. The molecule has 0 atom stereocenters. The molecule has 0 aromatic heterocycles. The molecule has 0 aliphatic rings. The van der Waals surface area contributed by atoms with Crippen LogP contribution in [0.3, 0.4) is 0 Å². The molecule has 0 fully saturated rings. The molecule has 2 aromatic rings. The van der Waals surface area contributed by atoms with Crippen molar-refractivity contribution in [1.82, 2.24) is 0 Å². The summed E-state index contributed by atoms with van der Waals surface area (Å²) >= 11 is 5.99. The fraction of sp³-hybridized carbons (Fsp3) is 0.211. The number of halogens is 1. The van der Waals surface area contributed by atoms with E-state index in [0.717, 1.165) is 0 Å². The lowest BCUT2D eigenvalue weighted by atomic mass is 10.2. The second-order valence-corrected chi connectivity index (χ2v) is 5.74. The van der Waals surface area contributed by atoms with Crippen LogP contribution in [0.4, 0.5) is 5.69 Å². The zero-order chi connectivity index (χ0) is 19.8. The van der Waals surface area contributed by atoms with Crippen molar-refractivity contribution in [2.75, 3.05) is 24.7 Å². The third-order valence-corrected chi connectivity index (χ3v) is 3.80. The Kier molecular flexibility index (Phi) is 7.19. The van der Waals surface area contributed by atoms with E-state index in [2.05, 4.69) is 0 Å². The van der Waals surface area contributed by atoms with Gasteiger partial charge in [-0.1, -0.05) is 35.9 Å². The van der Waals surface area contributed by atoms with Crippen molar-refractivity contribution in [2.45, 2.75) is 6.92 Å². The summed E-state index contributed by atoms with van der Waals surface area (Å²) < 4.78 is 10.3. The van der Waals surface area contributed by atoms with Crippen molar-refractivity contribution in [2.24, 2.45) is 0 Å². The highest BCUT2D eigenvalue weighted by Crippen LogP contribution is 2.29. The van der Waals surface area contributed by atoms with Gasteiger partial charge in [0.1, 0.15) is 12.1 Å². The Balaban J connectivity index is 2.19. The van der Waals surface area contributed by atoms with Crippen molar-refractivity contribution in [3.8, 4) is 5.75 Å². The number of aromatic carboxylic acids is 1. The maximum atomic E-state index is 12.7. The third-order valence-electron chi connectivity index (χ3n) is 3.50. The average molecular weight is 392 g/mol. The van der Waals surface area contributed by atoms with E-state index < -0.39 is 24.5 Å². The summed E-state index contributed by atoms with van der Waals surface area (Å²) in [6, 6.07) is 12.8. The third kappa shape index (κ3) is 5.46. The van der Waals surface area contributed by atoms with Gasteiger partial charge in [0.2, 0.25) is 0 Å². The number of nitrogens with zero attached hydrogens (tertiary/aromatic N) is 1. The smallest absolute Gasteiger partial charge is 0.339 e. The Morgan fingerprint density at radius 3 is 2.41 bits per heavy atom. The molecular formula is C19H18ClNO6. The summed E-state index contributed by atoms with van der Waals surface area (Å²) in [5.41, 5.74) is 0.323. The first-order chi connectivity index (χ1) is 12.9. The number of carbonyl (C=O) groups excluding carboxylic acids is 2. The van der Waals surface area contributed by atoms with Gasteiger partial charge in [-0.15, -0.1) is 0 Å². The minimum Gasteiger partial charge on any atom is -0.481 e. The van der Waals surface area contributed by atoms with Crippen molar-refractivity contribution in [3.63, 3.8) is 0 Å². The van der Waals surface area contributed by atoms with E-state index in [-0.39, 0.29) is 29.5 Å². The molecule has 0 saturated carbocycles. The Bertz CT molecular complexity index is 824. The fourth-order valence-corrected chi connectivity index (χ4v) is 2.53. The molecule has 1 N–H and O–H groups in total. The molecule has 0 aliphatic carbocycles. The quantitative estimate of drug-likeness (QED) is 0.695. The summed E-state index contributed by atoms with van der Waals surface area (Å²) in [7, 11) is 0. The van der Waals surface area contributed by atoms with Gasteiger partial charge >= 0.3 is 11.9 Å². The number of amides is 1. The number of benzene rings is 2. The van der Waals surface area contributed by atoms with Gasteiger partial charge in [-0.2, -0.15) is 0 Å². The molecule has 0 radical (unpaired) electrons. The van der Waals surface area contributed by atoms with Gasteiger partial charge in [0, 0.05) is 5.69 Å². The van der Waals surface area contributed by atoms with Gasteiger partial charge in [-0.25, -0.2) is 4.79 Å². The van der Waals surface area contributed by atoms with Crippen molar-refractivity contribution >= 4 is 35.1 Å². The fourth-order valence-electron chi connectivity index (χ4n) is 2.30. The molecule has 0 aliphatic heterocycles. The number of ether oxygens (including phenoxy) is 2. The second kappa shape index (κ2) is 9.59. The summed E-state index contributed by atoms with van der Waals surface area (Å²) in [6.45, 7) is 1.06. The highest BCUT2D eigenvalue weighted by Gasteiger charge is 2.22. The van der Waals surface area contributed by atoms with E-state index in [1.807, 2.05) is 0 Å². The van der Waals surface area contributed by atoms with Crippen LogP contribution in [0.25, 0.3) is 0 Å². The number of hydrogen-bond donors (Lipinski definition) is 1. The van der Waals surface area contributed by atoms with E-state index in [9.17, 15) is 19.5 Å². The summed E-state index contributed by atoms with van der Waals surface area (Å²) in [5, 5.41) is 9.29. The van der Waals surface area contributed by atoms with Gasteiger partial charge in [-0.3, -0.25) is 14.5 Å². The van der Waals surface area contributed by atoms with Crippen molar-refractivity contribution in [3.05, 3.63) is 59.1 Å². The Morgan fingerprint density at radius 2 is 1.78 bits per heavy atom. The molecule has 0 bridgehead atoms. The number of esters is 1. The Morgan fingerprint density at radius 1 is 1.07 bits per heavy atom. The molecule has 0 unspecified atom stereocenters. The van der Waals surface area contributed by atoms with E-state index in [4.69, 9.17) is 21.1 Å². The van der Waals surface area contributed by atoms with Gasteiger partial charge in [0.05, 0.1) is 11.6 Å². The molecule has 0 spiro atoms. The van der Waals surface area contributed by atoms with Gasteiger partial charge in [-0.05, 0) is 31.2 Å². The van der Waals surface area contributed by atoms with Crippen LogP contribution in [0.5, 0.6) is 5.75 Å². The van der Waals surface area contributed by atoms with Gasteiger partial charge in [0.25, 0.3) is 5.91 Å². The lowest BCUT2D eigenvalue weighted by molar-refractivity contribution is -0.142. The molecular weight excluding hydrogens is 374 g/mol. The first-order valence-corrected chi connectivity index (χ1v) is 8.47. The topological polar surface area (TPSA) is 93.1 Å².